The first-order valence-corrected chi connectivity index (χ1v) is 6.96. The van der Waals surface area contributed by atoms with Crippen LogP contribution >= 0.6 is 28.1 Å². The summed E-state index contributed by atoms with van der Waals surface area (Å²) in [4.78, 5) is 3.15. The molecule has 0 N–H and O–H groups in total. The third-order valence-corrected chi connectivity index (χ3v) is 3.82. The maximum absolute atomic E-state index is 5.71. The van der Waals surface area contributed by atoms with Crippen molar-refractivity contribution in [3.8, 4) is 0 Å². The molecular formula is C13H16BrNOS. The number of hydrogen-bond donors (Lipinski definition) is 0. The summed E-state index contributed by atoms with van der Waals surface area (Å²) in [6, 6.07) is 8.15. The molecule has 2 rings (SSSR count). The van der Waals surface area contributed by atoms with Gasteiger partial charge in [-0.25, -0.2) is 0 Å². The standard InChI is InChI=1S/C13H16BrNOS/c1-9-7-15(8-10(2)16-9)13(17)11-3-5-12(14)6-4-11/h3-6,9-10H,7-8H2,1-2H3/t9-,10-/m0/s1. The Morgan fingerprint density at radius 1 is 1.24 bits per heavy atom. The number of ether oxygens (including phenoxy) is 1. The summed E-state index contributed by atoms with van der Waals surface area (Å²) in [6.07, 6.45) is 0.485. The molecule has 1 aliphatic heterocycles. The fourth-order valence-corrected chi connectivity index (χ4v) is 2.67. The first-order chi connectivity index (χ1) is 8.06. The Balaban J connectivity index is 2.11. The predicted molar refractivity (Wildman–Crippen MR) is 77.4 cm³/mol. The van der Waals surface area contributed by atoms with Crippen LogP contribution in [0.2, 0.25) is 0 Å². The molecule has 92 valence electrons. The van der Waals surface area contributed by atoms with Gasteiger partial charge in [-0.3, -0.25) is 0 Å². The zero-order chi connectivity index (χ0) is 12.4. The second-order valence-corrected chi connectivity index (χ2v) is 5.78. The van der Waals surface area contributed by atoms with Crippen molar-refractivity contribution in [3.05, 3.63) is 34.3 Å². The average molecular weight is 314 g/mol. The van der Waals surface area contributed by atoms with E-state index < -0.39 is 0 Å². The first kappa shape index (κ1) is 13.0. The molecule has 2 nitrogen and oxygen atoms in total. The monoisotopic (exact) mass is 313 g/mol. The van der Waals surface area contributed by atoms with Crippen LogP contribution in [0.3, 0.4) is 0 Å². The van der Waals surface area contributed by atoms with Crippen LogP contribution in [0, 0.1) is 0 Å². The molecule has 0 bridgehead atoms. The van der Waals surface area contributed by atoms with E-state index in [0.717, 1.165) is 28.1 Å². The summed E-state index contributed by atoms with van der Waals surface area (Å²) in [5, 5.41) is 0. The average Bonchev–Trinajstić information content (AvgIpc) is 2.28. The molecule has 1 heterocycles. The van der Waals surface area contributed by atoms with Crippen LogP contribution < -0.4 is 0 Å². The number of benzene rings is 1. The van der Waals surface area contributed by atoms with E-state index in [2.05, 4.69) is 46.8 Å². The van der Waals surface area contributed by atoms with Gasteiger partial charge in [0.05, 0.1) is 12.2 Å². The van der Waals surface area contributed by atoms with Crippen molar-refractivity contribution < 1.29 is 4.74 Å². The van der Waals surface area contributed by atoms with Crippen molar-refractivity contribution in [3.63, 3.8) is 0 Å². The van der Waals surface area contributed by atoms with Crippen molar-refractivity contribution in [2.24, 2.45) is 0 Å². The molecule has 0 radical (unpaired) electrons. The molecule has 0 aromatic heterocycles. The van der Waals surface area contributed by atoms with E-state index in [1.807, 2.05) is 12.1 Å². The summed E-state index contributed by atoms with van der Waals surface area (Å²) < 4.78 is 6.79. The third kappa shape index (κ3) is 3.27. The minimum absolute atomic E-state index is 0.243. The molecule has 0 spiro atoms. The highest BCUT2D eigenvalue weighted by atomic mass is 79.9. The van der Waals surface area contributed by atoms with Crippen LogP contribution in [0.15, 0.2) is 28.7 Å². The van der Waals surface area contributed by atoms with Crippen molar-refractivity contribution in [1.82, 2.24) is 4.90 Å². The molecule has 1 saturated heterocycles. The zero-order valence-corrected chi connectivity index (χ0v) is 12.4. The molecule has 1 fully saturated rings. The zero-order valence-electron chi connectivity index (χ0n) is 10.0. The lowest BCUT2D eigenvalue weighted by atomic mass is 10.1. The van der Waals surface area contributed by atoms with Gasteiger partial charge < -0.3 is 9.64 Å². The Morgan fingerprint density at radius 3 is 2.29 bits per heavy atom. The summed E-state index contributed by atoms with van der Waals surface area (Å²) in [6.45, 7) is 5.93. The molecule has 1 aromatic rings. The predicted octanol–water partition coefficient (Wildman–Crippen LogP) is 3.23. The summed E-state index contributed by atoms with van der Waals surface area (Å²) in [5.41, 5.74) is 1.10. The van der Waals surface area contributed by atoms with Crippen LogP contribution in [0.4, 0.5) is 0 Å². The number of morpholine rings is 1. The van der Waals surface area contributed by atoms with Crippen LogP contribution in [-0.4, -0.2) is 35.2 Å². The van der Waals surface area contributed by atoms with Gasteiger partial charge in [0.25, 0.3) is 0 Å². The highest BCUT2D eigenvalue weighted by molar-refractivity contribution is 9.10. The van der Waals surface area contributed by atoms with Gasteiger partial charge in [-0.15, -0.1) is 0 Å². The quantitative estimate of drug-likeness (QED) is 0.739. The van der Waals surface area contributed by atoms with E-state index in [0.29, 0.717) is 0 Å². The molecule has 17 heavy (non-hydrogen) atoms. The van der Waals surface area contributed by atoms with Gasteiger partial charge in [0.15, 0.2) is 0 Å². The SMILES string of the molecule is C[C@H]1CN(C(=S)c2ccc(Br)cc2)C[C@H](C)O1. The fourth-order valence-electron chi connectivity index (χ4n) is 2.12. The molecule has 1 aliphatic rings. The largest absolute Gasteiger partial charge is 0.372 e. The maximum atomic E-state index is 5.71. The van der Waals surface area contributed by atoms with E-state index in [1.165, 1.54) is 0 Å². The third-order valence-electron chi connectivity index (χ3n) is 2.80. The van der Waals surface area contributed by atoms with E-state index in [9.17, 15) is 0 Å². The topological polar surface area (TPSA) is 12.5 Å². The number of nitrogens with zero attached hydrogens (tertiary/aromatic N) is 1. The Hall–Kier alpha value is -0.450. The van der Waals surface area contributed by atoms with Crippen molar-refractivity contribution in [2.75, 3.05) is 13.1 Å². The number of hydrogen-bond acceptors (Lipinski definition) is 2. The fraction of sp³-hybridized carbons (Fsp3) is 0.462. The minimum Gasteiger partial charge on any atom is -0.372 e. The van der Waals surface area contributed by atoms with Crippen LogP contribution in [0.1, 0.15) is 19.4 Å². The number of thiocarbonyl (C=S) groups is 1. The Kier molecular flexibility index (Phi) is 4.17. The molecule has 0 aliphatic carbocycles. The second-order valence-electron chi connectivity index (χ2n) is 4.47. The van der Waals surface area contributed by atoms with Gasteiger partial charge >= 0.3 is 0 Å². The summed E-state index contributed by atoms with van der Waals surface area (Å²) >= 11 is 8.98. The molecule has 0 unspecified atom stereocenters. The van der Waals surface area contributed by atoms with E-state index >= 15 is 0 Å². The van der Waals surface area contributed by atoms with E-state index in [-0.39, 0.29) is 12.2 Å². The highest BCUT2D eigenvalue weighted by Crippen LogP contribution is 2.17. The summed E-state index contributed by atoms with van der Waals surface area (Å²) in [5.74, 6) is 0. The molecule has 0 saturated carbocycles. The molecule has 2 atom stereocenters. The van der Waals surface area contributed by atoms with Gasteiger partial charge in [0.2, 0.25) is 0 Å². The minimum atomic E-state index is 0.243. The second kappa shape index (κ2) is 5.46. The van der Waals surface area contributed by atoms with Crippen LogP contribution in [0.5, 0.6) is 0 Å². The van der Waals surface area contributed by atoms with E-state index in [1.54, 1.807) is 0 Å². The van der Waals surface area contributed by atoms with Crippen molar-refractivity contribution in [2.45, 2.75) is 26.1 Å². The Labute approximate surface area is 116 Å². The smallest absolute Gasteiger partial charge is 0.109 e. The van der Waals surface area contributed by atoms with Gasteiger partial charge in [-0.05, 0) is 26.0 Å². The number of halogens is 1. The van der Waals surface area contributed by atoms with Gasteiger partial charge in [0.1, 0.15) is 4.99 Å². The van der Waals surface area contributed by atoms with E-state index in [4.69, 9.17) is 17.0 Å². The number of rotatable bonds is 1. The lowest BCUT2D eigenvalue weighted by Gasteiger charge is -2.37. The Bertz CT molecular complexity index is 396. The molecular weight excluding hydrogens is 298 g/mol. The molecule has 1 aromatic carbocycles. The van der Waals surface area contributed by atoms with Gasteiger partial charge in [-0.2, -0.15) is 0 Å². The van der Waals surface area contributed by atoms with Crippen molar-refractivity contribution >= 4 is 33.1 Å². The van der Waals surface area contributed by atoms with Gasteiger partial charge in [0, 0.05) is 23.1 Å². The lowest BCUT2D eigenvalue weighted by Crippen LogP contribution is -2.47. The van der Waals surface area contributed by atoms with Crippen molar-refractivity contribution in [1.29, 1.82) is 0 Å². The van der Waals surface area contributed by atoms with Gasteiger partial charge in [-0.1, -0.05) is 40.3 Å². The first-order valence-electron chi connectivity index (χ1n) is 5.76. The van der Waals surface area contributed by atoms with Crippen LogP contribution in [0.25, 0.3) is 0 Å². The Morgan fingerprint density at radius 2 is 1.76 bits per heavy atom. The maximum Gasteiger partial charge on any atom is 0.109 e. The molecule has 0 amide bonds. The highest BCUT2D eigenvalue weighted by Gasteiger charge is 2.24. The summed E-state index contributed by atoms with van der Waals surface area (Å²) in [7, 11) is 0. The molecule has 4 heteroatoms. The normalized spacial score (nSPS) is 24.8. The lowest BCUT2D eigenvalue weighted by molar-refractivity contribution is -0.0472. The van der Waals surface area contributed by atoms with Crippen LogP contribution in [-0.2, 0) is 4.74 Å².